The van der Waals surface area contributed by atoms with Crippen molar-refractivity contribution in [2.45, 2.75) is 24.3 Å². The number of ether oxygens (including phenoxy) is 1. The molecule has 0 saturated carbocycles. The fourth-order valence-corrected chi connectivity index (χ4v) is 2.59. The van der Waals surface area contributed by atoms with Crippen LogP contribution in [0.3, 0.4) is 0 Å². The fraction of sp³-hybridized carbons (Fsp3) is 0.308. The van der Waals surface area contributed by atoms with E-state index in [1.807, 2.05) is 6.92 Å². The number of methoxy groups -OCH3 is 1. The van der Waals surface area contributed by atoms with Gasteiger partial charge in [-0.3, -0.25) is 4.79 Å². The van der Waals surface area contributed by atoms with Crippen molar-refractivity contribution >= 4 is 16.0 Å². The summed E-state index contributed by atoms with van der Waals surface area (Å²) in [6, 6.07) is 5.18. The van der Waals surface area contributed by atoms with Crippen molar-refractivity contribution in [3.63, 3.8) is 0 Å². The predicted octanol–water partition coefficient (Wildman–Crippen LogP) is 0.838. The minimum Gasteiger partial charge on any atom is -0.468 e. The maximum Gasteiger partial charge on any atom is 0.324 e. The van der Waals surface area contributed by atoms with E-state index in [1.165, 1.54) is 19.2 Å². The second-order valence-electron chi connectivity index (χ2n) is 3.92. The van der Waals surface area contributed by atoms with Gasteiger partial charge in [-0.1, -0.05) is 17.7 Å². The van der Waals surface area contributed by atoms with E-state index in [2.05, 4.69) is 15.4 Å². The molecule has 0 spiro atoms. The first-order valence-electron chi connectivity index (χ1n) is 5.51. The minimum atomic E-state index is -3.80. The average molecular weight is 281 g/mol. The number of hydrogen-bond acceptors (Lipinski definition) is 4. The summed E-state index contributed by atoms with van der Waals surface area (Å²) in [4.78, 5) is 11.5. The largest absolute Gasteiger partial charge is 0.468 e. The first-order chi connectivity index (χ1) is 8.90. The second-order valence-corrected chi connectivity index (χ2v) is 5.63. The SMILES string of the molecule is C#CC[C@H](NS(=O)(=O)c1ccc(C)cc1)C(=O)OC. The average Bonchev–Trinajstić information content (AvgIpc) is 2.37. The number of nitrogens with one attached hydrogen (secondary N) is 1. The number of sulfonamides is 1. The zero-order chi connectivity index (χ0) is 14.5. The monoisotopic (exact) mass is 281 g/mol. The van der Waals surface area contributed by atoms with Gasteiger partial charge in [-0.15, -0.1) is 12.3 Å². The molecule has 0 bridgehead atoms. The molecule has 1 aromatic carbocycles. The Balaban J connectivity index is 2.97. The maximum atomic E-state index is 12.1. The minimum absolute atomic E-state index is 0.0717. The molecule has 0 aliphatic rings. The third-order valence-corrected chi connectivity index (χ3v) is 3.92. The molecule has 0 aliphatic carbocycles. The quantitative estimate of drug-likeness (QED) is 0.641. The molecule has 19 heavy (non-hydrogen) atoms. The smallest absolute Gasteiger partial charge is 0.324 e. The van der Waals surface area contributed by atoms with Crippen LogP contribution in [-0.2, 0) is 19.6 Å². The summed E-state index contributed by atoms with van der Waals surface area (Å²) in [7, 11) is -2.63. The number of terminal acetylenes is 1. The van der Waals surface area contributed by atoms with Gasteiger partial charge in [-0.05, 0) is 19.1 Å². The third kappa shape index (κ3) is 4.09. The molecule has 102 valence electrons. The molecule has 0 aromatic heterocycles. The zero-order valence-corrected chi connectivity index (χ0v) is 11.5. The molecular weight excluding hydrogens is 266 g/mol. The number of aryl methyl sites for hydroxylation is 1. The Hall–Kier alpha value is -1.84. The third-order valence-electron chi connectivity index (χ3n) is 2.44. The Kier molecular flexibility index (Phi) is 5.10. The van der Waals surface area contributed by atoms with Crippen LogP contribution in [0.1, 0.15) is 12.0 Å². The lowest BCUT2D eigenvalue weighted by molar-refractivity contribution is -0.142. The zero-order valence-electron chi connectivity index (χ0n) is 10.7. The molecule has 0 fully saturated rings. The van der Waals surface area contributed by atoms with Crippen LogP contribution in [0.25, 0.3) is 0 Å². The highest BCUT2D eigenvalue weighted by molar-refractivity contribution is 7.89. The summed E-state index contributed by atoms with van der Waals surface area (Å²) in [6.45, 7) is 1.85. The highest BCUT2D eigenvalue weighted by Crippen LogP contribution is 2.11. The van der Waals surface area contributed by atoms with Gasteiger partial charge < -0.3 is 4.74 Å². The normalized spacial score (nSPS) is 12.5. The highest BCUT2D eigenvalue weighted by atomic mass is 32.2. The first kappa shape index (κ1) is 15.2. The summed E-state index contributed by atoms with van der Waals surface area (Å²) in [5, 5.41) is 0. The van der Waals surface area contributed by atoms with Crippen molar-refractivity contribution in [3.8, 4) is 12.3 Å². The number of rotatable bonds is 5. The maximum absolute atomic E-state index is 12.1. The molecule has 0 aliphatic heterocycles. The van der Waals surface area contributed by atoms with E-state index < -0.39 is 22.0 Å². The van der Waals surface area contributed by atoms with Gasteiger partial charge in [0, 0.05) is 6.42 Å². The highest BCUT2D eigenvalue weighted by Gasteiger charge is 2.25. The van der Waals surface area contributed by atoms with Crippen molar-refractivity contribution in [2.24, 2.45) is 0 Å². The van der Waals surface area contributed by atoms with Gasteiger partial charge in [0.2, 0.25) is 10.0 Å². The van der Waals surface area contributed by atoms with E-state index >= 15 is 0 Å². The van der Waals surface area contributed by atoms with E-state index in [9.17, 15) is 13.2 Å². The molecule has 1 atom stereocenters. The lowest BCUT2D eigenvalue weighted by Crippen LogP contribution is -2.41. The van der Waals surface area contributed by atoms with Crippen LogP contribution in [0.15, 0.2) is 29.2 Å². The standard InChI is InChI=1S/C13H15NO4S/c1-4-5-12(13(15)18-3)14-19(16,17)11-8-6-10(2)7-9-11/h1,6-9,12,14H,5H2,2-3H3/t12-/m0/s1. The lowest BCUT2D eigenvalue weighted by Gasteiger charge is -2.14. The van der Waals surface area contributed by atoms with Crippen LogP contribution in [0.5, 0.6) is 0 Å². The van der Waals surface area contributed by atoms with Crippen LogP contribution in [0.2, 0.25) is 0 Å². The lowest BCUT2D eigenvalue weighted by atomic mass is 10.2. The van der Waals surface area contributed by atoms with Gasteiger partial charge >= 0.3 is 5.97 Å². The molecule has 6 heteroatoms. The molecule has 5 nitrogen and oxygen atoms in total. The van der Waals surface area contributed by atoms with Crippen LogP contribution in [0.4, 0.5) is 0 Å². The number of carbonyl (C=O) groups excluding carboxylic acids is 1. The van der Waals surface area contributed by atoms with Crippen molar-refractivity contribution in [1.29, 1.82) is 0 Å². The van der Waals surface area contributed by atoms with E-state index in [-0.39, 0.29) is 11.3 Å². The van der Waals surface area contributed by atoms with Crippen LogP contribution in [0, 0.1) is 19.3 Å². The Morgan fingerprint density at radius 2 is 2.00 bits per heavy atom. The number of esters is 1. The van der Waals surface area contributed by atoms with Gasteiger partial charge in [0.25, 0.3) is 0 Å². The topological polar surface area (TPSA) is 72.5 Å². The van der Waals surface area contributed by atoms with Gasteiger partial charge in [0.1, 0.15) is 6.04 Å². The van der Waals surface area contributed by atoms with Crippen LogP contribution < -0.4 is 4.72 Å². The molecule has 1 aromatic rings. The van der Waals surface area contributed by atoms with Crippen LogP contribution in [-0.4, -0.2) is 27.5 Å². The Morgan fingerprint density at radius 3 is 2.47 bits per heavy atom. The number of benzene rings is 1. The Bertz CT molecular complexity index is 584. The Labute approximate surface area is 113 Å². The number of carbonyl (C=O) groups is 1. The van der Waals surface area contributed by atoms with E-state index in [0.29, 0.717) is 0 Å². The van der Waals surface area contributed by atoms with Crippen molar-refractivity contribution in [1.82, 2.24) is 4.72 Å². The molecule has 0 unspecified atom stereocenters. The second kappa shape index (κ2) is 6.36. The molecular formula is C13H15NO4S. The van der Waals surface area contributed by atoms with Crippen molar-refractivity contribution < 1.29 is 17.9 Å². The molecule has 0 heterocycles. The molecule has 0 radical (unpaired) electrons. The summed E-state index contributed by atoms with van der Waals surface area (Å²) in [5.74, 6) is 1.52. The molecule has 1 N–H and O–H groups in total. The van der Waals surface area contributed by atoms with E-state index in [1.54, 1.807) is 12.1 Å². The van der Waals surface area contributed by atoms with Gasteiger partial charge in [-0.2, -0.15) is 4.72 Å². The van der Waals surface area contributed by atoms with E-state index in [4.69, 9.17) is 6.42 Å². The molecule has 1 rings (SSSR count). The molecule has 0 saturated heterocycles. The number of hydrogen-bond donors (Lipinski definition) is 1. The Morgan fingerprint density at radius 1 is 1.42 bits per heavy atom. The predicted molar refractivity (Wildman–Crippen MR) is 70.8 cm³/mol. The summed E-state index contributed by atoms with van der Waals surface area (Å²) in [6.07, 6.45) is 5.04. The first-order valence-corrected chi connectivity index (χ1v) is 6.99. The van der Waals surface area contributed by atoms with Gasteiger partial charge in [0.05, 0.1) is 12.0 Å². The molecule has 0 amide bonds. The van der Waals surface area contributed by atoms with Gasteiger partial charge in [-0.25, -0.2) is 8.42 Å². The summed E-state index contributed by atoms with van der Waals surface area (Å²) < 4.78 is 30.9. The van der Waals surface area contributed by atoms with Crippen LogP contribution >= 0.6 is 0 Å². The van der Waals surface area contributed by atoms with Crippen molar-refractivity contribution in [3.05, 3.63) is 29.8 Å². The summed E-state index contributed by atoms with van der Waals surface area (Å²) in [5.41, 5.74) is 0.937. The van der Waals surface area contributed by atoms with Gasteiger partial charge in [0.15, 0.2) is 0 Å². The van der Waals surface area contributed by atoms with Crippen molar-refractivity contribution in [2.75, 3.05) is 7.11 Å². The summed E-state index contributed by atoms with van der Waals surface area (Å²) >= 11 is 0. The fourth-order valence-electron chi connectivity index (χ4n) is 1.41. The van der Waals surface area contributed by atoms with E-state index in [0.717, 1.165) is 5.56 Å².